The van der Waals surface area contributed by atoms with E-state index >= 15 is 0 Å². The molecule has 1 aromatic carbocycles. The number of hydrogen-bond acceptors (Lipinski definition) is 3. The Morgan fingerprint density at radius 2 is 2.06 bits per heavy atom. The van der Waals surface area contributed by atoms with Crippen molar-refractivity contribution in [3.63, 3.8) is 0 Å². The van der Waals surface area contributed by atoms with E-state index in [4.69, 9.17) is 22.7 Å². The summed E-state index contributed by atoms with van der Waals surface area (Å²) in [7, 11) is 0. The number of thiocarbonyl (C=S) groups is 1. The fourth-order valence-corrected chi connectivity index (χ4v) is 1.71. The molecule has 0 bridgehead atoms. The molecule has 0 aliphatic rings. The molecule has 0 aliphatic carbocycles. The van der Waals surface area contributed by atoms with E-state index in [1.54, 1.807) is 6.20 Å². The second kappa shape index (κ2) is 5.64. The van der Waals surface area contributed by atoms with E-state index in [1.807, 2.05) is 35.1 Å². The number of aryl methyl sites for hydroxylation is 1. The highest BCUT2D eigenvalue weighted by molar-refractivity contribution is 7.80. The maximum atomic E-state index is 5.67. The first-order chi connectivity index (χ1) is 8.69. The molecule has 0 unspecified atom stereocenters. The lowest BCUT2D eigenvalue weighted by molar-refractivity contribution is 0.480. The molecule has 18 heavy (non-hydrogen) atoms. The zero-order valence-electron chi connectivity index (χ0n) is 10.2. The van der Waals surface area contributed by atoms with Gasteiger partial charge in [-0.15, -0.1) is 0 Å². The summed E-state index contributed by atoms with van der Waals surface area (Å²) in [5, 5.41) is 4.20. The monoisotopic (exact) mass is 261 g/mol. The Kier molecular flexibility index (Phi) is 3.94. The van der Waals surface area contributed by atoms with E-state index in [9.17, 15) is 0 Å². The number of hydrogen-bond donors (Lipinski definition) is 1. The minimum atomic E-state index is 0.386. The zero-order chi connectivity index (χ0) is 13.0. The quantitative estimate of drug-likeness (QED) is 0.841. The van der Waals surface area contributed by atoms with Gasteiger partial charge in [0, 0.05) is 12.1 Å². The first-order valence-corrected chi connectivity index (χ1v) is 6.20. The number of nitrogens with zero attached hydrogens (tertiary/aromatic N) is 2. The Morgan fingerprint density at radius 1 is 1.33 bits per heavy atom. The van der Waals surface area contributed by atoms with Crippen LogP contribution in [0.25, 0.3) is 0 Å². The number of rotatable bonds is 5. The summed E-state index contributed by atoms with van der Waals surface area (Å²) >= 11 is 4.89. The van der Waals surface area contributed by atoms with Crippen LogP contribution in [0.5, 0.6) is 11.5 Å². The molecule has 2 N–H and O–H groups in total. The number of ether oxygens (including phenoxy) is 1. The predicted octanol–water partition coefficient (Wildman–Crippen LogP) is 2.72. The average Bonchev–Trinajstić information content (AvgIpc) is 2.78. The molecule has 2 rings (SSSR count). The molecule has 2 aromatic rings. The Bertz CT molecular complexity index is 533. The van der Waals surface area contributed by atoms with Gasteiger partial charge >= 0.3 is 0 Å². The van der Waals surface area contributed by atoms with E-state index in [1.165, 1.54) is 0 Å². The Labute approximate surface area is 111 Å². The molecule has 0 saturated heterocycles. The van der Waals surface area contributed by atoms with E-state index in [0.29, 0.717) is 4.99 Å². The molecule has 0 aliphatic heterocycles. The van der Waals surface area contributed by atoms with Crippen molar-refractivity contribution in [2.75, 3.05) is 0 Å². The van der Waals surface area contributed by atoms with Crippen LogP contribution in [-0.2, 0) is 6.54 Å². The van der Waals surface area contributed by atoms with Crippen molar-refractivity contribution in [3.8, 4) is 11.5 Å². The minimum Gasteiger partial charge on any atom is -0.454 e. The maximum absolute atomic E-state index is 5.67. The molecule has 0 saturated carbocycles. The van der Waals surface area contributed by atoms with Crippen molar-refractivity contribution >= 4 is 17.2 Å². The van der Waals surface area contributed by atoms with Crippen molar-refractivity contribution in [1.82, 2.24) is 9.78 Å². The van der Waals surface area contributed by atoms with Crippen LogP contribution < -0.4 is 10.5 Å². The molecule has 0 fully saturated rings. The predicted molar refractivity (Wildman–Crippen MR) is 74.9 cm³/mol. The Morgan fingerprint density at radius 3 is 2.67 bits per heavy atom. The lowest BCUT2D eigenvalue weighted by Gasteiger charge is -2.03. The molecule has 0 atom stereocenters. The highest BCUT2D eigenvalue weighted by atomic mass is 32.1. The normalized spacial score (nSPS) is 10.3. The summed E-state index contributed by atoms with van der Waals surface area (Å²) in [6.45, 7) is 3.00. The molecule has 1 heterocycles. The van der Waals surface area contributed by atoms with Crippen LogP contribution in [0.2, 0.25) is 0 Å². The second-order valence-electron chi connectivity index (χ2n) is 3.93. The molecule has 4 nitrogen and oxygen atoms in total. The lowest BCUT2D eigenvalue weighted by atomic mass is 10.2. The van der Waals surface area contributed by atoms with Gasteiger partial charge in [0.2, 0.25) is 0 Å². The van der Waals surface area contributed by atoms with Gasteiger partial charge in [0.25, 0.3) is 0 Å². The SMILES string of the molecule is CCCn1cc(Oc2ccc(C(N)=S)cc2)cn1. The van der Waals surface area contributed by atoms with Gasteiger partial charge in [-0.1, -0.05) is 19.1 Å². The minimum absolute atomic E-state index is 0.386. The van der Waals surface area contributed by atoms with Crippen molar-refractivity contribution < 1.29 is 4.74 Å². The van der Waals surface area contributed by atoms with Crippen molar-refractivity contribution in [2.45, 2.75) is 19.9 Å². The third kappa shape index (κ3) is 3.07. The zero-order valence-corrected chi connectivity index (χ0v) is 11.0. The fourth-order valence-electron chi connectivity index (χ4n) is 1.57. The van der Waals surface area contributed by atoms with Gasteiger partial charge in [0.15, 0.2) is 5.75 Å². The molecule has 94 valence electrons. The third-order valence-corrected chi connectivity index (χ3v) is 2.67. The van der Waals surface area contributed by atoms with Crippen molar-refractivity contribution in [2.24, 2.45) is 5.73 Å². The van der Waals surface area contributed by atoms with E-state index in [-0.39, 0.29) is 0 Å². The molecule has 5 heteroatoms. The Balaban J connectivity index is 2.06. The fraction of sp³-hybridized carbons (Fsp3) is 0.231. The summed E-state index contributed by atoms with van der Waals surface area (Å²) < 4.78 is 7.53. The second-order valence-corrected chi connectivity index (χ2v) is 4.37. The number of nitrogens with two attached hydrogens (primary N) is 1. The maximum Gasteiger partial charge on any atom is 0.165 e. The highest BCUT2D eigenvalue weighted by Gasteiger charge is 2.02. The molecular formula is C13H15N3OS. The van der Waals surface area contributed by atoms with E-state index in [2.05, 4.69) is 12.0 Å². The number of aromatic nitrogens is 2. The summed E-state index contributed by atoms with van der Waals surface area (Å²) in [4.78, 5) is 0.386. The van der Waals surface area contributed by atoms with Gasteiger partial charge < -0.3 is 10.5 Å². The third-order valence-electron chi connectivity index (χ3n) is 2.44. The van der Waals surface area contributed by atoms with Crippen LogP contribution >= 0.6 is 12.2 Å². The van der Waals surface area contributed by atoms with Gasteiger partial charge in [-0.05, 0) is 30.7 Å². The smallest absolute Gasteiger partial charge is 0.165 e. The topological polar surface area (TPSA) is 53.1 Å². The summed E-state index contributed by atoms with van der Waals surface area (Å²) in [6, 6.07) is 7.36. The average molecular weight is 261 g/mol. The summed E-state index contributed by atoms with van der Waals surface area (Å²) in [5.74, 6) is 1.47. The standard InChI is InChI=1S/C13H15N3OS/c1-2-7-16-9-12(8-15-16)17-11-5-3-10(4-6-11)13(14)18/h3-6,8-9H,2,7H2,1H3,(H2,14,18). The van der Waals surface area contributed by atoms with Gasteiger partial charge in [0.05, 0.1) is 12.4 Å². The van der Waals surface area contributed by atoms with Crippen LogP contribution in [0.1, 0.15) is 18.9 Å². The van der Waals surface area contributed by atoms with Crippen molar-refractivity contribution in [1.29, 1.82) is 0 Å². The molecule has 0 spiro atoms. The van der Waals surface area contributed by atoms with E-state index < -0.39 is 0 Å². The van der Waals surface area contributed by atoms with Crippen LogP contribution in [0.4, 0.5) is 0 Å². The van der Waals surface area contributed by atoms with Gasteiger partial charge in [0.1, 0.15) is 10.7 Å². The summed E-state index contributed by atoms with van der Waals surface area (Å²) in [6.07, 6.45) is 4.63. The van der Waals surface area contributed by atoms with E-state index in [0.717, 1.165) is 30.0 Å². The summed E-state index contributed by atoms with van der Waals surface area (Å²) in [5.41, 5.74) is 6.36. The van der Waals surface area contributed by atoms with Crippen LogP contribution in [0.15, 0.2) is 36.7 Å². The van der Waals surface area contributed by atoms with Crippen LogP contribution in [-0.4, -0.2) is 14.8 Å². The Hall–Kier alpha value is -1.88. The first kappa shape index (κ1) is 12.6. The first-order valence-electron chi connectivity index (χ1n) is 5.79. The highest BCUT2D eigenvalue weighted by Crippen LogP contribution is 2.21. The molecule has 0 amide bonds. The number of benzene rings is 1. The largest absolute Gasteiger partial charge is 0.454 e. The van der Waals surface area contributed by atoms with Gasteiger partial charge in [-0.25, -0.2) is 0 Å². The van der Waals surface area contributed by atoms with Crippen LogP contribution in [0, 0.1) is 0 Å². The van der Waals surface area contributed by atoms with Crippen LogP contribution in [0.3, 0.4) is 0 Å². The van der Waals surface area contributed by atoms with Gasteiger partial charge in [-0.2, -0.15) is 5.10 Å². The van der Waals surface area contributed by atoms with Gasteiger partial charge in [-0.3, -0.25) is 4.68 Å². The molecular weight excluding hydrogens is 246 g/mol. The van der Waals surface area contributed by atoms with Crippen molar-refractivity contribution in [3.05, 3.63) is 42.2 Å². The lowest BCUT2D eigenvalue weighted by Crippen LogP contribution is -2.08. The molecule has 0 radical (unpaired) electrons. The molecule has 1 aromatic heterocycles.